The van der Waals surface area contributed by atoms with Crippen LogP contribution in [-0.4, -0.2) is 126 Å². The largest absolute Gasteiger partial charge is 0.414 e. The predicted octanol–water partition coefficient (Wildman–Crippen LogP) is 1.64. The van der Waals surface area contributed by atoms with E-state index in [0.29, 0.717) is 28.9 Å². The lowest BCUT2D eigenvalue weighted by atomic mass is 10.1. The maximum Gasteiger partial charge on any atom is 0.335 e. The number of anilines is 2. The molecule has 3 saturated heterocycles. The molecule has 21 heteroatoms. The minimum Gasteiger partial charge on any atom is -0.414 e. The zero-order valence-electron chi connectivity index (χ0n) is 31.2. The average Bonchev–Trinajstić information content (AvgIpc) is 3.86. The highest BCUT2D eigenvalue weighted by Crippen LogP contribution is 2.48. The third-order valence-corrected chi connectivity index (χ3v) is 20.7. The van der Waals surface area contributed by atoms with E-state index in [9.17, 15) is 15.3 Å². The molecule has 4 aromatic heterocycles. The van der Waals surface area contributed by atoms with Crippen molar-refractivity contribution in [1.29, 1.82) is 0 Å². The predicted molar refractivity (Wildman–Crippen MR) is 196 cm³/mol. The molecule has 2 unspecified atom stereocenters. The molecule has 0 amide bonds. The number of nitrogen functional groups attached to an aromatic ring is 2. The van der Waals surface area contributed by atoms with E-state index in [1.165, 1.54) is 23.5 Å². The van der Waals surface area contributed by atoms with Gasteiger partial charge in [-0.05, 0) is 22.2 Å². The Morgan fingerprint density at radius 2 is 1.19 bits per heavy atom. The monoisotopic (exact) mass is 776 g/mol. The van der Waals surface area contributed by atoms with E-state index in [4.69, 9.17) is 39.0 Å². The highest BCUT2D eigenvalue weighted by Gasteiger charge is 2.61. The van der Waals surface area contributed by atoms with Crippen LogP contribution in [0.25, 0.3) is 22.3 Å². The van der Waals surface area contributed by atoms with Crippen LogP contribution in [0.1, 0.15) is 67.8 Å². The van der Waals surface area contributed by atoms with Crippen LogP contribution < -0.4 is 11.5 Å². The Bertz CT molecular complexity index is 1860. The lowest BCUT2D eigenvalue weighted by molar-refractivity contribution is -0.0570. The maximum absolute atomic E-state index is 11.5. The molecule has 0 aromatic carbocycles. The van der Waals surface area contributed by atoms with Crippen LogP contribution >= 0.6 is 0 Å². The van der Waals surface area contributed by atoms with Gasteiger partial charge >= 0.3 is 17.1 Å². The lowest BCUT2D eigenvalue weighted by Crippen LogP contribution is -2.65. The Labute approximate surface area is 309 Å². The Hall–Kier alpha value is -3.23. The first-order chi connectivity index (χ1) is 25.1. The number of nitrogens with zero attached hydrogens (tertiary/aromatic N) is 8. The summed E-state index contributed by atoms with van der Waals surface area (Å²) in [4.78, 5) is 24.6. The minimum atomic E-state index is -2.86. The van der Waals surface area contributed by atoms with Crippen molar-refractivity contribution in [3.63, 3.8) is 0 Å². The number of aliphatic hydroxyl groups is 4. The standard InChI is InChI=1S/C22H39N5O5Si2.C10H13N5O4/c1-12(2)33(13(3)4)29-9-16-19(31-34(32-33,14(5)6)15(7)8)18(28)22(30-16)27-11-26-17-20(23)24-10-25-21(17)27;11-8-5-9(13-2-12-8)15(3-14-5)10-7(18)6(17)4(1-16)19-10/h10-16,18-19,22,28H,9H2,1-8H3,(H2,23,24,25);2-4,6-7,10,16-18H,1H2,(H2,11,12,13)/t16-,18?,19+,22-;4-,6+,7?,10-/m00/s1. The third-order valence-electron chi connectivity index (χ3n) is 10.5. The fraction of sp³-hybridized carbons (Fsp3) is 0.688. The smallest absolute Gasteiger partial charge is 0.335 e. The molecule has 292 valence electrons. The first-order valence-corrected chi connectivity index (χ1v) is 21.9. The van der Waals surface area contributed by atoms with Gasteiger partial charge in [-0.2, -0.15) is 0 Å². The van der Waals surface area contributed by atoms with Crippen LogP contribution in [-0.2, 0) is 22.4 Å². The molecule has 0 spiro atoms. The van der Waals surface area contributed by atoms with Crippen LogP contribution in [0.3, 0.4) is 0 Å². The Morgan fingerprint density at radius 3 is 1.64 bits per heavy atom. The summed E-state index contributed by atoms with van der Waals surface area (Å²) >= 11 is 0. The first kappa shape index (κ1) is 39.5. The van der Waals surface area contributed by atoms with Gasteiger partial charge in [0.05, 0.1) is 25.9 Å². The van der Waals surface area contributed by atoms with Crippen molar-refractivity contribution in [1.82, 2.24) is 39.0 Å². The van der Waals surface area contributed by atoms with Crippen LogP contribution in [0.4, 0.5) is 11.6 Å². The van der Waals surface area contributed by atoms with Crippen LogP contribution in [0.5, 0.6) is 0 Å². The molecule has 7 rings (SSSR count). The van der Waals surface area contributed by atoms with Crippen molar-refractivity contribution in [2.45, 2.75) is 127 Å². The van der Waals surface area contributed by atoms with Gasteiger partial charge in [0.1, 0.15) is 60.3 Å². The molecule has 4 aromatic rings. The van der Waals surface area contributed by atoms with Gasteiger partial charge in [-0.1, -0.05) is 55.4 Å². The summed E-state index contributed by atoms with van der Waals surface area (Å²) in [5, 5.41) is 40.2. The Morgan fingerprint density at radius 1 is 0.698 bits per heavy atom. The molecule has 19 nitrogen and oxygen atoms in total. The minimum absolute atomic E-state index is 0.159. The molecule has 3 aliphatic rings. The summed E-state index contributed by atoms with van der Waals surface area (Å²) in [5.74, 6) is 0.501. The van der Waals surface area contributed by atoms with E-state index >= 15 is 0 Å². The molecular weight excluding hydrogens is 725 g/mol. The summed E-state index contributed by atoms with van der Waals surface area (Å²) in [7, 11) is -5.54. The molecule has 3 fully saturated rings. The zero-order valence-corrected chi connectivity index (χ0v) is 33.2. The fourth-order valence-corrected chi connectivity index (χ4v) is 18.8. The van der Waals surface area contributed by atoms with Crippen molar-refractivity contribution >= 4 is 51.1 Å². The van der Waals surface area contributed by atoms with Crippen LogP contribution in [0.15, 0.2) is 25.3 Å². The fourth-order valence-electron chi connectivity index (χ4n) is 7.59. The van der Waals surface area contributed by atoms with Crippen LogP contribution in [0.2, 0.25) is 22.2 Å². The Balaban J connectivity index is 0.000000213. The molecule has 53 heavy (non-hydrogen) atoms. The number of rotatable bonds is 7. The molecule has 8 atom stereocenters. The second-order valence-electron chi connectivity index (χ2n) is 15.0. The molecule has 0 radical (unpaired) electrons. The summed E-state index contributed by atoms with van der Waals surface area (Å²) in [5.41, 5.74) is 14.2. The number of hydrogen-bond donors (Lipinski definition) is 6. The number of nitrogens with two attached hydrogens (primary N) is 2. The number of aliphatic hydroxyl groups excluding tert-OH is 4. The van der Waals surface area contributed by atoms with Crippen LogP contribution in [0, 0.1) is 0 Å². The molecule has 3 aliphatic heterocycles. The van der Waals surface area contributed by atoms with Gasteiger partial charge < -0.3 is 54.3 Å². The number of hydrogen-bond acceptors (Lipinski definition) is 17. The van der Waals surface area contributed by atoms with Crippen molar-refractivity contribution in [3.8, 4) is 0 Å². The van der Waals surface area contributed by atoms with E-state index in [-0.39, 0.29) is 33.8 Å². The van der Waals surface area contributed by atoms with Crippen molar-refractivity contribution in [2.75, 3.05) is 24.7 Å². The van der Waals surface area contributed by atoms with Gasteiger partial charge in [0.25, 0.3) is 0 Å². The van der Waals surface area contributed by atoms with Gasteiger partial charge in [0.2, 0.25) is 0 Å². The SMILES string of the molecule is CC(C)[Si]1(C(C)C)OC[C@@H]2O[C@H](n3cnc4c(N)ncnc43)C(O)[C@@H]2O[Si](C(C)C)(C(C)C)O1.Nc1ncnc2c1ncn2[C@H]1O[C@@H](CO)[C@@H](O)C1O. The van der Waals surface area contributed by atoms with Crippen molar-refractivity contribution in [3.05, 3.63) is 25.3 Å². The molecule has 0 bridgehead atoms. The highest BCUT2D eigenvalue weighted by molar-refractivity contribution is 6.84. The number of ether oxygens (including phenoxy) is 2. The van der Waals surface area contributed by atoms with E-state index in [2.05, 4.69) is 85.3 Å². The van der Waals surface area contributed by atoms with E-state index in [0.717, 1.165) is 0 Å². The second kappa shape index (κ2) is 15.1. The quantitative estimate of drug-likeness (QED) is 0.146. The van der Waals surface area contributed by atoms with Crippen molar-refractivity contribution < 1.29 is 42.9 Å². The lowest BCUT2D eigenvalue weighted by Gasteiger charge is -2.51. The van der Waals surface area contributed by atoms with Gasteiger partial charge in [0.15, 0.2) is 35.4 Å². The summed E-state index contributed by atoms with van der Waals surface area (Å²) < 4.78 is 35.9. The van der Waals surface area contributed by atoms with Gasteiger partial charge in [-0.15, -0.1) is 0 Å². The van der Waals surface area contributed by atoms with E-state index < -0.39 is 72.8 Å². The summed E-state index contributed by atoms with van der Waals surface area (Å²) in [6, 6.07) is 0. The zero-order chi connectivity index (χ0) is 38.6. The summed E-state index contributed by atoms with van der Waals surface area (Å²) in [6.45, 7) is 17.3. The topological polar surface area (TPSA) is 266 Å². The number of imidazole rings is 2. The number of fused-ring (bicyclic) bond motifs is 3. The van der Waals surface area contributed by atoms with Crippen molar-refractivity contribution in [2.24, 2.45) is 0 Å². The second-order valence-corrected chi connectivity index (χ2v) is 23.9. The van der Waals surface area contributed by atoms with E-state index in [1.54, 1.807) is 10.9 Å². The molecule has 0 aliphatic carbocycles. The van der Waals surface area contributed by atoms with Gasteiger partial charge in [-0.3, -0.25) is 9.13 Å². The molecular formula is C32H52N10O9Si2. The number of aromatic nitrogens is 8. The highest BCUT2D eigenvalue weighted by atomic mass is 28.5. The molecule has 8 N–H and O–H groups in total. The normalized spacial score (nSPS) is 29.9. The summed E-state index contributed by atoms with van der Waals surface area (Å²) in [6.07, 6.45) is -1.20. The maximum atomic E-state index is 11.5. The van der Waals surface area contributed by atoms with Gasteiger partial charge in [0, 0.05) is 0 Å². The average molecular weight is 777 g/mol. The molecule has 0 saturated carbocycles. The van der Waals surface area contributed by atoms with E-state index in [1.807, 2.05) is 0 Å². The Kier molecular flexibility index (Phi) is 11.3. The third kappa shape index (κ3) is 6.75. The first-order valence-electron chi connectivity index (χ1n) is 17.9. The van der Waals surface area contributed by atoms with Gasteiger partial charge in [-0.25, -0.2) is 29.9 Å². The molecule has 7 heterocycles.